The van der Waals surface area contributed by atoms with Gasteiger partial charge in [0.25, 0.3) is 0 Å². The monoisotopic (exact) mass is 159 g/mol. The van der Waals surface area contributed by atoms with Crippen molar-refractivity contribution in [1.82, 2.24) is 5.32 Å². The van der Waals surface area contributed by atoms with Crippen LogP contribution in [0.2, 0.25) is 0 Å². The highest BCUT2D eigenvalue weighted by molar-refractivity contribution is 4.75. The topological polar surface area (TPSA) is 41.5 Å². The van der Waals surface area contributed by atoms with Crippen molar-refractivity contribution in [3.8, 4) is 0 Å². The molecule has 0 bridgehead atoms. The van der Waals surface area contributed by atoms with Crippen LogP contribution in [0.4, 0.5) is 0 Å². The van der Waals surface area contributed by atoms with Gasteiger partial charge in [-0.2, -0.15) is 0 Å². The summed E-state index contributed by atoms with van der Waals surface area (Å²) in [5.74, 6) is 0. The molecule has 1 heterocycles. The van der Waals surface area contributed by atoms with Gasteiger partial charge in [-0.25, -0.2) is 0 Å². The number of likely N-dealkylation sites (N-methyl/N-ethyl adjacent to an activating group) is 1. The zero-order chi connectivity index (χ0) is 8.27. The lowest BCUT2D eigenvalue weighted by Crippen LogP contribution is -2.39. The Morgan fingerprint density at radius 3 is 2.82 bits per heavy atom. The molecule has 1 unspecified atom stereocenters. The van der Waals surface area contributed by atoms with Crippen LogP contribution in [-0.4, -0.2) is 37.0 Å². The summed E-state index contributed by atoms with van der Waals surface area (Å²) in [5.41, 5.74) is 0. The van der Waals surface area contributed by atoms with Gasteiger partial charge in [0.05, 0.1) is 18.3 Å². The molecule has 1 aliphatic heterocycles. The van der Waals surface area contributed by atoms with E-state index in [-0.39, 0.29) is 18.3 Å². The van der Waals surface area contributed by atoms with E-state index in [1.165, 1.54) is 0 Å². The number of rotatable bonds is 2. The number of hydrogen-bond acceptors (Lipinski definition) is 3. The van der Waals surface area contributed by atoms with Gasteiger partial charge in [0.2, 0.25) is 0 Å². The Morgan fingerprint density at radius 1 is 1.55 bits per heavy atom. The third-order valence-electron chi connectivity index (χ3n) is 2.00. The summed E-state index contributed by atoms with van der Waals surface area (Å²) in [7, 11) is 1.90. The van der Waals surface area contributed by atoms with Crippen LogP contribution in [0.3, 0.4) is 0 Å². The fraction of sp³-hybridized carbons (Fsp3) is 1.00. The number of ether oxygens (including phenoxy) is 1. The molecule has 0 radical (unpaired) electrons. The lowest BCUT2D eigenvalue weighted by molar-refractivity contribution is -0.0852. The molecule has 0 aromatic heterocycles. The Labute approximate surface area is 67.7 Å². The minimum atomic E-state index is -0.169. The van der Waals surface area contributed by atoms with Crippen LogP contribution in [0.25, 0.3) is 0 Å². The Kier molecular flexibility index (Phi) is 3.30. The van der Waals surface area contributed by atoms with Gasteiger partial charge >= 0.3 is 0 Å². The molecule has 0 aromatic rings. The second-order valence-electron chi connectivity index (χ2n) is 3.25. The maximum Gasteiger partial charge on any atom is 0.0727 e. The molecule has 1 aliphatic rings. The zero-order valence-electron chi connectivity index (χ0n) is 7.21. The first-order valence-electron chi connectivity index (χ1n) is 4.20. The second-order valence-corrected chi connectivity index (χ2v) is 3.25. The summed E-state index contributed by atoms with van der Waals surface area (Å²) in [5, 5.41) is 12.4. The molecule has 0 saturated carbocycles. The fourth-order valence-corrected chi connectivity index (χ4v) is 1.58. The van der Waals surface area contributed by atoms with Crippen LogP contribution in [0.15, 0.2) is 0 Å². The zero-order valence-corrected chi connectivity index (χ0v) is 7.21. The van der Waals surface area contributed by atoms with Gasteiger partial charge in [-0.3, -0.25) is 0 Å². The maximum atomic E-state index is 9.37. The summed E-state index contributed by atoms with van der Waals surface area (Å²) in [6, 6.07) is 0. The first-order chi connectivity index (χ1) is 5.22. The highest BCUT2D eigenvalue weighted by Gasteiger charge is 2.24. The molecule has 0 aliphatic carbocycles. The smallest absolute Gasteiger partial charge is 0.0727 e. The first kappa shape index (κ1) is 8.97. The van der Waals surface area contributed by atoms with Crippen molar-refractivity contribution in [2.24, 2.45) is 0 Å². The number of nitrogens with one attached hydrogen (secondary N) is 1. The molecule has 11 heavy (non-hydrogen) atoms. The molecular formula is C8H17NO2. The fourth-order valence-electron chi connectivity index (χ4n) is 1.58. The summed E-state index contributed by atoms with van der Waals surface area (Å²) >= 11 is 0. The van der Waals surface area contributed by atoms with Crippen LogP contribution >= 0.6 is 0 Å². The van der Waals surface area contributed by atoms with Gasteiger partial charge in [-0.05, 0) is 20.4 Å². The molecule has 1 fully saturated rings. The predicted molar refractivity (Wildman–Crippen MR) is 43.5 cm³/mol. The molecule has 1 rings (SSSR count). The van der Waals surface area contributed by atoms with E-state index < -0.39 is 0 Å². The van der Waals surface area contributed by atoms with E-state index >= 15 is 0 Å². The standard InChI is InChI=1S/C8H17NO2/c1-6-3-7(10)4-8(11-6)5-9-2/h6-10H,3-5H2,1-2H3/t6-,7?,8-/m0/s1. The lowest BCUT2D eigenvalue weighted by atomic mass is 10.0. The lowest BCUT2D eigenvalue weighted by Gasteiger charge is -2.31. The van der Waals surface area contributed by atoms with E-state index in [0.29, 0.717) is 0 Å². The van der Waals surface area contributed by atoms with Gasteiger partial charge in [-0.15, -0.1) is 0 Å². The van der Waals surface area contributed by atoms with Gasteiger partial charge in [0.15, 0.2) is 0 Å². The SMILES string of the molecule is CNC[C@@H]1CC(O)C[C@H](C)O1. The van der Waals surface area contributed by atoms with E-state index in [1.807, 2.05) is 14.0 Å². The van der Waals surface area contributed by atoms with Crippen molar-refractivity contribution < 1.29 is 9.84 Å². The van der Waals surface area contributed by atoms with Gasteiger partial charge in [-0.1, -0.05) is 0 Å². The Morgan fingerprint density at radius 2 is 2.27 bits per heavy atom. The summed E-state index contributed by atoms with van der Waals surface area (Å²) < 4.78 is 5.57. The average Bonchev–Trinajstić information content (AvgIpc) is 1.85. The summed E-state index contributed by atoms with van der Waals surface area (Å²) in [6.45, 7) is 2.84. The van der Waals surface area contributed by atoms with Crippen LogP contribution in [0, 0.1) is 0 Å². The van der Waals surface area contributed by atoms with Crippen molar-refractivity contribution in [1.29, 1.82) is 0 Å². The van der Waals surface area contributed by atoms with Gasteiger partial charge < -0.3 is 15.2 Å². The molecule has 1 saturated heterocycles. The van der Waals surface area contributed by atoms with Crippen molar-refractivity contribution in [3.63, 3.8) is 0 Å². The molecule has 0 amide bonds. The Bertz CT molecular complexity index is 109. The quantitative estimate of drug-likeness (QED) is 0.602. The predicted octanol–water partition coefficient (Wildman–Crippen LogP) is 0.134. The van der Waals surface area contributed by atoms with Crippen molar-refractivity contribution in [3.05, 3.63) is 0 Å². The Balaban J connectivity index is 2.30. The van der Waals surface area contributed by atoms with Crippen molar-refractivity contribution in [2.45, 2.75) is 38.1 Å². The van der Waals surface area contributed by atoms with Crippen LogP contribution in [0.1, 0.15) is 19.8 Å². The van der Waals surface area contributed by atoms with E-state index in [9.17, 15) is 5.11 Å². The maximum absolute atomic E-state index is 9.37. The highest BCUT2D eigenvalue weighted by atomic mass is 16.5. The van der Waals surface area contributed by atoms with E-state index in [0.717, 1.165) is 19.4 Å². The average molecular weight is 159 g/mol. The second kappa shape index (κ2) is 4.04. The van der Waals surface area contributed by atoms with E-state index in [4.69, 9.17) is 4.74 Å². The minimum Gasteiger partial charge on any atom is -0.393 e. The van der Waals surface area contributed by atoms with Crippen molar-refractivity contribution in [2.75, 3.05) is 13.6 Å². The molecule has 3 atom stereocenters. The largest absolute Gasteiger partial charge is 0.393 e. The third kappa shape index (κ3) is 2.77. The normalized spacial score (nSPS) is 39.0. The number of aliphatic hydroxyl groups excluding tert-OH is 1. The van der Waals surface area contributed by atoms with E-state index in [1.54, 1.807) is 0 Å². The van der Waals surface area contributed by atoms with Crippen LogP contribution in [0.5, 0.6) is 0 Å². The summed E-state index contributed by atoms with van der Waals surface area (Å²) in [6.07, 6.45) is 1.78. The van der Waals surface area contributed by atoms with Crippen LogP contribution in [-0.2, 0) is 4.74 Å². The number of aliphatic hydroxyl groups is 1. The van der Waals surface area contributed by atoms with E-state index in [2.05, 4.69) is 5.32 Å². The molecular weight excluding hydrogens is 142 g/mol. The van der Waals surface area contributed by atoms with Gasteiger partial charge in [0.1, 0.15) is 0 Å². The Hall–Kier alpha value is -0.120. The molecule has 0 spiro atoms. The molecule has 2 N–H and O–H groups in total. The minimum absolute atomic E-state index is 0.169. The van der Waals surface area contributed by atoms with Crippen LogP contribution < -0.4 is 5.32 Å². The molecule has 3 nitrogen and oxygen atoms in total. The third-order valence-corrected chi connectivity index (χ3v) is 2.00. The molecule has 66 valence electrons. The number of hydrogen-bond donors (Lipinski definition) is 2. The highest BCUT2D eigenvalue weighted by Crippen LogP contribution is 2.18. The summed E-state index contributed by atoms with van der Waals surface area (Å²) in [4.78, 5) is 0. The van der Waals surface area contributed by atoms with Gasteiger partial charge in [0, 0.05) is 13.0 Å². The first-order valence-corrected chi connectivity index (χ1v) is 4.20. The molecule has 3 heteroatoms. The van der Waals surface area contributed by atoms with Crippen molar-refractivity contribution >= 4 is 0 Å². The molecule has 0 aromatic carbocycles.